The number of carbonyl (C=O) groups is 2. The van der Waals surface area contributed by atoms with Crippen LogP contribution in [-0.2, 0) is 17.6 Å². The molecule has 2 aliphatic rings. The summed E-state index contributed by atoms with van der Waals surface area (Å²) in [6, 6.07) is 5.35. The van der Waals surface area contributed by atoms with Crippen LogP contribution in [0, 0.1) is 0 Å². The van der Waals surface area contributed by atoms with Crippen LogP contribution in [0.1, 0.15) is 17.5 Å². The maximum absolute atomic E-state index is 11.8. The van der Waals surface area contributed by atoms with Gasteiger partial charge in [-0.25, -0.2) is 4.79 Å². The summed E-state index contributed by atoms with van der Waals surface area (Å²) in [5, 5.41) is 5.03. The molecular weight excluding hydrogens is 215 g/mol. The minimum Gasteiger partial charge on any atom is -0.323 e. The average Bonchev–Trinajstić information content (AvgIpc) is 2.55. The minimum atomic E-state index is -0.792. The molecule has 0 saturated carbocycles. The van der Waals surface area contributed by atoms with Gasteiger partial charge in [-0.05, 0) is 24.0 Å². The average molecular weight is 226 g/mol. The van der Waals surface area contributed by atoms with E-state index in [-0.39, 0.29) is 5.91 Å². The summed E-state index contributed by atoms with van der Waals surface area (Å²) in [6.07, 6.45) is 1.86. The van der Waals surface area contributed by atoms with Crippen molar-refractivity contribution < 1.29 is 9.59 Å². The SMILES string of the molecule is [B]c1cccc2c1CC1(CC2)NC(=O)NC1=O. The highest BCUT2D eigenvalue weighted by Gasteiger charge is 2.47. The highest BCUT2D eigenvalue weighted by atomic mass is 16.2. The van der Waals surface area contributed by atoms with E-state index in [1.807, 2.05) is 18.2 Å². The van der Waals surface area contributed by atoms with Gasteiger partial charge in [0, 0.05) is 6.42 Å². The van der Waals surface area contributed by atoms with Crippen molar-refractivity contribution >= 4 is 25.2 Å². The van der Waals surface area contributed by atoms with Crippen molar-refractivity contribution in [2.24, 2.45) is 0 Å². The summed E-state index contributed by atoms with van der Waals surface area (Å²) in [5.74, 6) is -0.239. The quantitative estimate of drug-likeness (QED) is 0.465. The molecule has 1 saturated heterocycles. The first kappa shape index (κ1) is 10.4. The number of aryl methyl sites for hydroxylation is 1. The number of urea groups is 1. The van der Waals surface area contributed by atoms with E-state index in [4.69, 9.17) is 7.85 Å². The predicted octanol–water partition coefficient (Wildman–Crippen LogP) is -0.453. The Balaban J connectivity index is 2.03. The summed E-state index contributed by atoms with van der Waals surface area (Å²) >= 11 is 0. The van der Waals surface area contributed by atoms with Crippen molar-refractivity contribution in [3.05, 3.63) is 29.3 Å². The predicted molar refractivity (Wildman–Crippen MR) is 63.3 cm³/mol. The number of hydrogen-bond donors (Lipinski definition) is 2. The lowest BCUT2D eigenvalue weighted by Crippen LogP contribution is -2.52. The van der Waals surface area contributed by atoms with Gasteiger partial charge in [-0.2, -0.15) is 0 Å². The van der Waals surface area contributed by atoms with E-state index >= 15 is 0 Å². The fourth-order valence-electron chi connectivity index (χ4n) is 2.67. The van der Waals surface area contributed by atoms with Crippen LogP contribution in [0.5, 0.6) is 0 Å². The Bertz CT molecular complexity index is 529. The van der Waals surface area contributed by atoms with Crippen LogP contribution in [-0.4, -0.2) is 25.3 Å². The number of carbonyl (C=O) groups excluding carboxylic acids is 2. The van der Waals surface area contributed by atoms with Gasteiger partial charge < -0.3 is 5.32 Å². The molecule has 0 aromatic heterocycles. The van der Waals surface area contributed by atoms with Gasteiger partial charge in [-0.1, -0.05) is 23.7 Å². The molecule has 1 aromatic carbocycles. The number of amides is 3. The van der Waals surface area contributed by atoms with Crippen LogP contribution in [0.15, 0.2) is 18.2 Å². The molecule has 2 N–H and O–H groups in total. The molecule has 3 amide bonds. The van der Waals surface area contributed by atoms with Gasteiger partial charge in [-0.15, -0.1) is 0 Å². The molecule has 1 aliphatic carbocycles. The number of fused-ring (bicyclic) bond motifs is 1. The highest BCUT2D eigenvalue weighted by Crippen LogP contribution is 2.29. The fraction of sp³-hybridized carbons (Fsp3) is 0.333. The zero-order chi connectivity index (χ0) is 12.0. The summed E-state index contributed by atoms with van der Waals surface area (Å²) < 4.78 is 0. The Kier molecular flexibility index (Phi) is 2.05. The standard InChI is InChI=1S/C12H11BN2O2/c13-9-3-1-2-7-4-5-12(6-8(7)9)10(16)14-11(17)15-12/h1-3H,4-6H2,(H2,14,15,16,17). The molecule has 17 heavy (non-hydrogen) atoms. The molecule has 0 bridgehead atoms. The summed E-state index contributed by atoms with van der Waals surface area (Å²) in [5.41, 5.74) is 2.05. The van der Waals surface area contributed by atoms with Gasteiger partial charge in [0.25, 0.3) is 5.91 Å². The molecule has 5 heteroatoms. The van der Waals surface area contributed by atoms with E-state index in [1.165, 1.54) is 5.56 Å². The van der Waals surface area contributed by atoms with Crippen LogP contribution in [0.2, 0.25) is 0 Å². The Morgan fingerprint density at radius 1 is 1.29 bits per heavy atom. The number of hydrogen-bond acceptors (Lipinski definition) is 2. The van der Waals surface area contributed by atoms with Crippen LogP contribution in [0.4, 0.5) is 4.79 Å². The third-order valence-corrected chi connectivity index (χ3v) is 3.62. The molecule has 1 aromatic rings. The van der Waals surface area contributed by atoms with Crippen LogP contribution in [0.25, 0.3) is 0 Å². The maximum atomic E-state index is 11.8. The topological polar surface area (TPSA) is 58.2 Å². The summed E-state index contributed by atoms with van der Waals surface area (Å²) in [6.45, 7) is 0. The fourth-order valence-corrected chi connectivity index (χ4v) is 2.67. The smallest absolute Gasteiger partial charge is 0.322 e. The van der Waals surface area contributed by atoms with Crippen LogP contribution in [0.3, 0.4) is 0 Å². The molecule has 2 radical (unpaired) electrons. The maximum Gasteiger partial charge on any atom is 0.322 e. The summed E-state index contributed by atoms with van der Waals surface area (Å²) in [7, 11) is 5.93. The van der Waals surface area contributed by atoms with Crippen molar-refractivity contribution in [2.75, 3.05) is 0 Å². The Morgan fingerprint density at radius 2 is 2.12 bits per heavy atom. The molecule has 3 rings (SSSR count). The van der Waals surface area contributed by atoms with Gasteiger partial charge in [0.2, 0.25) is 0 Å². The lowest BCUT2D eigenvalue weighted by atomic mass is 9.73. The second-order valence-corrected chi connectivity index (χ2v) is 4.65. The van der Waals surface area contributed by atoms with Gasteiger partial charge in [0.15, 0.2) is 0 Å². The van der Waals surface area contributed by atoms with E-state index in [1.54, 1.807) is 0 Å². The Hall–Kier alpha value is -1.78. The number of rotatable bonds is 0. The van der Waals surface area contributed by atoms with E-state index in [9.17, 15) is 9.59 Å². The van der Waals surface area contributed by atoms with Crippen molar-refractivity contribution in [3.8, 4) is 0 Å². The molecule has 1 spiro atoms. The molecule has 1 aliphatic heterocycles. The van der Waals surface area contributed by atoms with Crippen LogP contribution < -0.4 is 16.1 Å². The molecule has 1 atom stereocenters. The first-order valence-electron chi connectivity index (χ1n) is 5.61. The zero-order valence-corrected chi connectivity index (χ0v) is 9.25. The zero-order valence-electron chi connectivity index (χ0n) is 9.25. The van der Waals surface area contributed by atoms with Crippen molar-refractivity contribution in [2.45, 2.75) is 24.8 Å². The first-order chi connectivity index (χ1) is 8.11. The molecular formula is C12H11BN2O2. The molecule has 1 fully saturated rings. The van der Waals surface area contributed by atoms with E-state index in [0.717, 1.165) is 12.0 Å². The highest BCUT2D eigenvalue weighted by molar-refractivity contribution is 6.33. The van der Waals surface area contributed by atoms with Crippen LogP contribution >= 0.6 is 0 Å². The number of benzene rings is 1. The lowest BCUT2D eigenvalue weighted by Gasteiger charge is -2.32. The third-order valence-electron chi connectivity index (χ3n) is 3.62. The Labute approximate surface area is 100 Å². The summed E-state index contributed by atoms with van der Waals surface area (Å²) in [4.78, 5) is 23.1. The molecule has 4 nitrogen and oxygen atoms in total. The Morgan fingerprint density at radius 3 is 2.82 bits per heavy atom. The van der Waals surface area contributed by atoms with Gasteiger partial charge >= 0.3 is 6.03 Å². The normalized spacial score (nSPS) is 26.6. The van der Waals surface area contributed by atoms with E-state index < -0.39 is 11.6 Å². The van der Waals surface area contributed by atoms with E-state index in [0.29, 0.717) is 18.3 Å². The van der Waals surface area contributed by atoms with Gasteiger partial charge in [0.05, 0.1) is 0 Å². The number of imide groups is 1. The van der Waals surface area contributed by atoms with Crippen molar-refractivity contribution in [1.29, 1.82) is 0 Å². The molecule has 84 valence electrons. The van der Waals surface area contributed by atoms with Crippen molar-refractivity contribution in [1.82, 2.24) is 10.6 Å². The second-order valence-electron chi connectivity index (χ2n) is 4.65. The van der Waals surface area contributed by atoms with Crippen molar-refractivity contribution in [3.63, 3.8) is 0 Å². The first-order valence-corrected chi connectivity index (χ1v) is 5.61. The van der Waals surface area contributed by atoms with Gasteiger partial charge in [0.1, 0.15) is 13.4 Å². The van der Waals surface area contributed by atoms with E-state index in [2.05, 4.69) is 10.6 Å². The lowest BCUT2D eigenvalue weighted by molar-refractivity contribution is -0.124. The molecule has 1 heterocycles. The third kappa shape index (κ3) is 1.45. The largest absolute Gasteiger partial charge is 0.323 e. The monoisotopic (exact) mass is 226 g/mol. The minimum absolute atomic E-state index is 0.239. The second kappa shape index (κ2) is 3.36. The number of nitrogens with one attached hydrogen (secondary N) is 2. The molecule has 1 unspecified atom stereocenters. The van der Waals surface area contributed by atoms with Gasteiger partial charge in [-0.3, -0.25) is 10.1 Å².